The standard InChI is InChI=1S/C20H13F3N2/c21-20(22,23)17-9-6-15(7-10-17)18-13-25-12-16(8-11-19(25)24-18)14-4-2-1-3-5-14/h1-13H. The molecule has 2 aromatic heterocycles. The molecule has 0 aliphatic heterocycles. The van der Waals surface area contributed by atoms with Gasteiger partial charge < -0.3 is 4.40 Å². The van der Waals surface area contributed by atoms with Crippen molar-refractivity contribution in [1.29, 1.82) is 0 Å². The molecule has 5 heteroatoms. The van der Waals surface area contributed by atoms with Gasteiger partial charge in [0.2, 0.25) is 0 Å². The van der Waals surface area contributed by atoms with E-state index < -0.39 is 11.7 Å². The van der Waals surface area contributed by atoms with Crippen LogP contribution in [0.2, 0.25) is 0 Å². The number of hydrogen-bond donors (Lipinski definition) is 0. The summed E-state index contributed by atoms with van der Waals surface area (Å²) >= 11 is 0. The molecule has 0 aliphatic rings. The van der Waals surface area contributed by atoms with Crippen molar-refractivity contribution >= 4 is 5.65 Å². The number of halogens is 3. The molecule has 25 heavy (non-hydrogen) atoms. The van der Waals surface area contributed by atoms with Gasteiger partial charge >= 0.3 is 6.18 Å². The summed E-state index contributed by atoms with van der Waals surface area (Å²) in [5, 5.41) is 0. The quantitative estimate of drug-likeness (QED) is 0.459. The number of aromatic nitrogens is 2. The molecule has 0 fully saturated rings. The Hall–Kier alpha value is -3.08. The molecular weight excluding hydrogens is 325 g/mol. The molecule has 124 valence electrons. The molecule has 2 nitrogen and oxygen atoms in total. The van der Waals surface area contributed by atoms with Crippen molar-refractivity contribution in [2.75, 3.05) is 0 Å². The zero-order valence-electron chi connectivity index (χ0n) is 13.0. The van der Waals surface area contributed by atoms with Crippen molar-refractivity contribution < 1.29 is 13.2 Å². The summed E-state index contributed by atoms with van der Waals surface area (Å²) in [6.07, 6.45) is -0.544. The molecule has 0 radical (unpaired) electrons. The van der Waals surface area contributed by atoms with Crippen molar-refractivity contribution in [3.8, 4) is 22.4 Å². The molecule has 0 saturated heterocycles. The van der Waals surface area contributed by atoms with E-state index in [4.69, 9.17) is 0 Å². The van der Waals surface area contributed by atoms with E-state index in [0.717, 1.165) is 28.9 Å². The van der Waals surface area contributed by atoms with E-state index in [-0.39, 0.29) is 0 Å². The molecule has 4 aromatic rings. The smallest absolute Gasteiger partial charge is 0.306 e. The first-order valence-electron chi connectivity index (χ1n) is 7.72. The molecule has 2 aromatic carbocycles. The van der Waals surface area contributed by atoms with Gasteiger partial charge in [0.25, 0.3) is 0 Å². The SMILES string of the molecule is FC(F)(F)c1ccc(-c2cn3cc(-c4ccccc4)ccc3n2)cc1. The fraction of sp³-hybridized carbons (Fsp3) is 0.0500. The van der Waals surface area contributed by atoms with Gasteiger partial charge in [-0.25, -0.2) is 4.98 Å². The second-order valence-corrected chi connectivity index (χ2v) is 5.75. The number of rotatable bonds is 2. The normalized spacial score (nSPS) is 11.8. The van der Waals surface area contributed by atoms with Crippen LogP contribution >= 0.6 is 0 Å². The highest BCUT2D eigenvalue weighted by Gasteiger charge is 2.30. The fourth-order valence-electron chi connectivity index (χ4n) is 2.76. The highest BCUT2D eigenvalue weighted by Crippen LogP contribution is 2.31. The zero-order valence-corrected chi connectivity index (χ0v) is 13.0. The van der Waals surface area contributed by atoms with Crippen LogP contribution < -0.4 is 0 Å². The molecular formula is C20H13F3N2. The lowest BCUT2D eigenvalue weighted by Crippen LogP contribution is -2.03. The van der Waals surface area contributed by atoms with Crippen LogP contribution in [0.1, 0.15) is 5.56 Å². The third-order valence-corrected chi connectivity index (χ3v) is 4.07. The second-order valence-electron chi connectivity index (χ2n) is 5.75. The van der Waals surface area contributed by atoms with E-state index in [1.54, 1.807) is 0 Å². The lowest BCUT2D eigenvalue weighted by Gasteiger charge is -2.06. The predicted octanol–water partition coefficient (Wildman–Crippen LogP) is 5.69. The van der Waals surface area contributed by atoms with Gasteiger partial charge in [-0.3, -0.25) is 0 Å². The Bertz CT molecular complexity index is 1020. The maximum Gasteiger partial charge on any atom is 0.416 e. The number of fused-ring (bicyclic) bond motifs is 1. The summed E-state index contributed by atoms with van der Waals surface area (Å²) in [7, 11) is 0. The maximum absolute atomic E-state index is 12.7. The molecule has 2 heterocycles. The molecule has 0 saturated carbocycles. The average Bonchev–Trinajstić information content (AvgIpc) is 3.05. The van der Waals surface area contributed by atoms with Gasteiger partial charge in [0.05, 0.1) is 11.3 Å². The van der Waals surface area contributed by atoms with Crippen LogP contribution in [0.15, 0.2) is 79.1 Å². The molecule has 4 rings (SSSR count). The molecule has 0 unspecified atom stereocenters. The van der Waals surface area contributed by atoms with Crippen LogP contribution in [-0.4, -0.2) is 9.38 Å². The van der Waals surface area contributed by atoms with Gasteiger partial charge in [0, 0.05) is 18.0 Å². The Morgan fingerprint density at radius 3 is 2.04 bits per heavy atom. The Labute approximate surface area is 142 Å². The van der Waals surface area contributed by atoms with Crippen LogP contribution in [-0.2, 0) is 6.18 Å². The minimum absolute atomic E-state index is 0.638. The number of hydrogen-bond acceptors (Lipinski definition) is 1. The van der Waals surface area contributed by atoms with Gasteiger partial charge in [-0.05, 0) is 35.4 Å². The van der Waals surface area contributed by atoms with E-state index in [1.807, 2.05) is 59.3 Å². The number of pyridine rings is 1. The Balaban J connectivity index is 1.72. The Morgan fingerprint density at radius 2 is 1.36 bits per heavy atom. The maximum atomic E-state index is 12.7. The lowest BCUT2D eigenvalue weighted by molar-refractivity contribution is -0.137. The summed E-state index contributed by atoms with van der Waals surface area (Å²) in [4.78, 5) is 4.49. The topological polar surface area (TPSA) is 17.3 Å². The third-order valence-electron chi connectivity index (χ3n) is 4.07. The first-order valence-corrected chi connectivity index (χ1v) is 7.72. The highest BCUT2D eigenvalue weighted by atomic mass is 19.4. The van der Waals surface area contributed by atoms with Gasteiger partial charge in [-0.1, -0.05) is 42.5 Å². The largest absolute Gasteiger partial charge is 0.416 e. The highest BCUT2D eigenvalue weighted by molar-refractivity contribution is 5.67. The van der Waals surface area contributed by atoms with Crippen molar-refractivity contribution in [2.24, 2.45) is 0 Å². The third kappa shape index (κ3) is 3.01. The van der Waals surface area contributed by atoms with E-state index in [9.17, 15) is 13.2 Å². The van der Waals surface area contributed by atoms with Gasteiger partial charge in [-0.15, -0.1) is 0 Å². The lowest BCUT2D eigenvalue weighted by atomic mass is 10.1. The summed E-state index contributed by atoms with van der Waals surface area (Å²) < 4.78 is 39.9. The molecule has 0 aliphatic carbocycles. The minimum Gasteiger partial charge on any atom is -0.306 e. The summed E-state index contributed by atoms with van der Waals surface area (Å²) in [6, 6.07) is 18.9. The molecule has 0 N–H and O–H groups in total. The zero-order chi connectivity index (χ0) is 17.4. The monoisotopic (exact) mass is 338 g/mol. The second kappa shape index (κ2) is 5.77. The van der Waals surface area contributed by atoms with Crippen molar-refractivity contribution in [3.05, 3.63) is 84.7 Å². The molecule has 0 spiro atoms. The average molecular weight is 338 g/mol. The van der Waals surface area contributed by atoms with E-state index in [2.05, 4.69) is 4.98 Å². The Kier molecular flexibility index (Phi) is 3.57. The number of imidazole rings is 1. The van der Waals surface area contributed by atoms with Crippen LogP contribution in [0.5, 0.6) is 0 Å². The summed E-state index contributed by atoms with van der Waals surface area (Å²) in [5.74, 6) is 0. The molecule has 0 amide bonds. The van der Waals surface area contributed by atoms with Crippen molar-refractivity contribution in [3.63, 3.8) is 0 Å². The van der Waals surface area contributed by atoms with Crippen molar-refractivity contribution in [2.45, 2.75) is 6.18 Å². The summed E-state index contributed by atoms with van der Waals surface area (Å²) in [6.45, 7) is 0. The fourth-order valence-corrected chi connectivity index (χ4v) is 2.76. The van der Waals surface area contributed by atoms with E-state index in [1.165, 1.54) is 12.1 Å². The summed E-state index contributed by atoms with van der Waals surface area (Å²) in [5.41, 5.74) is 3.51. The van der Waals surface area contributed by atoms with Crippen LogP contribution in [0.25, 0.3) is 28.0 Å². The number of nitrogens with zero attached hydrogens (tertiary/aromatic N) is 2. The van der Waals surface area contributed by atoms with Crippen LogP contribution in [0, 0.1) is 0 Å². The van der Waals surface area contributed by atoms with Crippen molar-refractivity contribution in [1.82, 2.24) is 9.38 Å². The minimum atomic E-state index is -4.33. The first kappa shape index (κ1) is 15.4. The van der Waals surface area contributed by atoms with E-state index >= 15 is 0 Å². The molecule has 0 atom stereocenters. The van der Waals surface area contributed by atoms with Crippen LogP contribution in [0.3, 0.4) is 0 Å². The molecule has 0 bridgehead atoms. The first-order chi connectivity index (χ1) is 12.0. The number of benzene rings is 2. The Morgan fingerprint density at radius 1 is 0.680 bits per heavy atom. The predicted molar refractivity (Wildman–Crippen MR) is 91.1 cm³/mol. The van der Waals surface area contributed by atoms with Gasteiger partial charge in [-0.2, -0.15) is 13.2 Å². The van der Waals surface area contributed by atoms with Gasteiger partial charge in [0.1, 0.15) is 5.65 Å². The number of alkyl halides is 3. The van der Waals surface area contributed by atoms with Crippen LogP contribution in [0.4, 0.5) is 13.2 Å². The van der Waals surface area contributed by atoms with Gasteiger partial charge in [0.15, 0.2) is 0 Å². The van der Waals surface area contributed by atoms with E-state index in [0.29, 0.717) is 11.3 Å².